The van der Waals surface area contributed by atoms with Gasteiger partial charge in [-0.1, -0.05) is 32.9 Å². The summed E-state index contributed by atoms with van der Waals surface area (Å²) in [5.74, 6) is 1.94. The van der Waals surface area contributed by atoms with Crippen LogP contribution in [0.2, 0.25) is 0 Å². The Morgan fingerprint density at radius 3 is 2.79 bits per heavy atom. The molecule has 3 rings (SSSR count). The maximum atomic E-state index is 7.93. The molecular formula is C20H25N4+. The predicted octanol–water partition coefficient (Wildman–Crippen LogP) is 4.13. The van der Waals surface area contributed by atoms with Crippen molar-refractivity contribution in [1.29, 1.82) is 5.41 Å². The number of hydrogen-bond acceptors (Lipinski definition) is 1. The number of imidazole rings is 1. The van der Waals surface area contributed by atoms with E-state index in [9.17, 15) is 0 Å². The number of amidine groups is 1. The van der Waals surface area contributed by atoms with Gasteiger partial charge in [-0.15, -0.1) is 0 Å². The minimum atomic E-state index is 0.221. The second kappa shape index (κ2) is 6.19. The van der Waals surface area contributed by atoms with E-state index in [0.29, 0.717) is 5.92 Å². The lowest BCUT2D eigenvalue weighted by molar-refractivity contribution is -0.671. The third kappa shape index (κ3) is 2.52. The average Bonchev–Trinajstić information content (AvgIpc) is 3.13. The maximum absolute atomic E-state index is 7.93. The number of hydrogen-bond donors (Lipinski definition) is 1. The monoisotopic (exact) mass is 321 g/mol. The van der Waals surface area contributed by atoms with Crippen LogP contribution >= 0.6 is 0 Å². The molecule has 0 bridgehead atoms. The van der Waals surface area contributed by atoms with E-state index in [1.165, 1.54) is 28.2 Å². The highest BCUT2D eigenvalue weighted by Crippen LogP contribution is 2.32. The third-order valence-electron chi connectivity index (χ3n) is 4.97. The molecule has 0 atom stereocenters. The van der Waals surface area contributed by atoms with Crippen LogP contribution in [0.25, 0.3) is 17.1 Å². The van der Waals surface area contributed by atoms with Gasteiger partial charge in [-0.3, -0.25) is 5.41 Å². The molecule has 0 fully saturated rings. The molecule has 4 heteroatoms. The zero-order chi connectivity index (χ0) is 17.4. The van der Waals surface area contributed by atoms with Gasteiger partial charge in [-0.05, 0) is 31.2 Å². The molecular weight excluding hydrogens is 296 g/mol. The Morgan fingerprint density at radius 2 is 2.17 bits per heavy atom. The molecule has 2 heterocycles. The van der Waals surface area contributed by atoms with Crippen molar-refractivity contribution in [3.05, 3.63) is 47.3 Å². The van der Waals surface area contributed by atoms with Crippen molar-refractivity contribution < 1.29 is 4.57 Å². The first-order chi connectivity index (χ1) is 11.5. The number of rotatable bonds is 4. The van der Waals surface area contributed by atoms with Crippen LogP contribution in [0.1, 0.15) is 45.2 Å². The van der Waals surface area contributed by atoms with E-state index < -0.39 is 0 Å². The lowest BCUT2D eigenvalue weighted by atomic mass is 10.0. The number of aliphatic imine (C=N–C) groups is 1. The highest BCUT2D eigenvalue weighted by molar-refractivity contribution is 6.00. The van der Waals surface area contributed by atoms with Gasteiger partial charge in [-0.2, -0.15) is 4.57 Å². The van der Waals surface area contributed by atoms with Gasteiger partial charge >= 0.3 is 0 Å². The Hall–Kier alpha value is -2.49. The topological polar surface area (TPSA) is 45.0 Å². The van der Waals surface area contributed by atoms with E-state index in [1.807, 2.05) is 6.07 Å². The highest BCUT2D eigenvalue weighted by atomic mass is 15.2. The van der Waals surface area contributed by atoms with E-state index in [4.69, 9.17) is 5.41 Å². The van der Waals surface area contributed by atoms with E-state index in [1.54, 1.807) is 0 Å². The fourth-order valence-electron chi connectivity index (χ4n) is 3.37. The first-order valence-electron chi connectivity index (χ1n) is 8.47. The predicted molar refractivity (Wildman–Crippen MR) is 99.6 cm³/mol. The number of aromatic nitrogens is 2. The Balaban J connectivity index is 2.19. The molecule has 0 saturated carbocycles. The molecule has 1 N–H and O–H groups in total. The molecule has 0 unspecified atom stereocenters. The van der Waals surface area contributed by atoms with Crippen LogP contribution in [0.4, 0.5) is 0 Å². The SMILES string of the molecule is C=NC(=N)c1ccc2c(c1)-c1n(/C(CC)=C(/C)C(C)C)cc[n+]1C2. The molecule has 124 valence electrons. The lowest BCUT2D eigenvalue weighted by Gasteiger charge is -2.12. The molecule has 0 amide bonds. The summed E-state index contributed by atoms with van der Waals surface area (Å²) in [5.41, 5.74) is 6.06. The van der Waals surface area contributed by atoms with Crippen molar-refractivity contribution in [2.75, 3.05) is 0 Å². The van der Waals surface area contributed by atoms with Crippen molar-refractivity contribution in [3.8, 4) is 11.4 Å². The molecule has 0 radical (unpaired) electrons. The summed E-state index contributed by atoms with van der Waals surface area (Å²) in [7, 11) is 0. The molecule has 4 nitrogen and oxygen atoms in total. The quantitative estimate of drug-likeness (QED) is 0.427. The summed E-state index contributed by atoms with van der Waals surface area (Å²) in [6, 6.07) is 6.13. The number of allylic oxidation sites excluding steroid dienone is 2. The second-order valence-corrected chi connectivity index (χ2v) is 6.64. The van der Waals surface area contributed by atoms with Crippen LogP contribution < -0.4 is 4.57 Å². The number of fused-ring (bicyclic) bond motifs is 3. The van der Waals surface area contributed by atoms with Crippen molar-refractivity contribution in [3.63, 3.8) is 0 Å². The van der Waals surface area contributed by atoms with Gasteiger partial charge < -0.3 is 0 Å². The smallest absolute Gasteiger partial charge is 0.282 e. The van der Waals surface area contributed by atoms with Crippen molar-refractivity contribution in [1.82, 2.24) is 4.57 Å². The van der Waals surface area contributed by atoms with Crippen LogP contribution in [0.15, 0.2) is 41.2 Å². The third-order valence-corrected chi connectivity index (χ3v) is 4.97. The van der Waals surface area contributed by atoms with Crippen LogP contribution in [0.5, 0.6) is 0 Å². The molecule has 0 aliphatic carbocycles. The molecule has 0 spiro atoms. The second-order valence-electron chi connectivity index (χ2n) is 6.64. The number of benzene rings is 1. The molecule has 1 aliphatic heterocycles. The zero-order valence-electron chi connectivity index (χ0n) is 14.9. The van der Waals surface area contributed by atoms with Crippen LogP contribution in [-0.4, -0.2) is 17.1 Å². The Bertz CT molecular complexity index is 853. The maximum Gasteiger partial charge on any atom is 0.294 e. The molecule has 0 saturated heterocycles. The molecule has 2 aromatic rings. The summed E-state index contributed by atoms with van der Waals surface area (Å²) >= 11 is 0. The Labute approximate surface area is 143 Å². The lowest BCUT2D eigenvalue weighted by Crippen LogP contribution is -2.30. The molecule has 1 aliphatic rings. The summed E-state index contributed by atoms with van der Waals surface area (Å²) in [4.78, 5) is 3.76. The molecule has 1 aromatic carbocycles. The standard InChI is InChI=1S/C20H25N4/c1-6-18(14(4)13(2)3)24-10-9-23-12-16-8-7-15(19(21)22-5)11-17(16)20(23)24/h7-11,13,21H,5-6,12H2,1-4H3/q+1/b18-14-,21-19?. The van der Waals surface area contributed by atoms with Crippen LogP contribution in [0.3, 0.4) is 0 Å². The highest BCUT2D eigenvalue weighted by Gasteiger charge is 2.31. The van der Waals surface area contributed by atoms with Gasteiger partial charge in [0.1, 0.15) is 24.6 Å². The number of nitrogens with zero attached hydrogens (tertiary/aromatic N) is 3. The van der Waals surface area contributed by atoms with Crippen LogP contribution in [0, 0.1) is 11.3 Å². The van der Waals surface area contributed by atoms with E-state index in [-0.39, 0.29) is 5.84 Å². The first-order valence-corrected chi connectivity index (χ1v) is 8.47. The fraction of sp³-hybridized carbons (Fsp3) is 0.350. The van der Waals surface area contributed by atoms with Crippen molar-refractivity contribution in [2.45, 2.75) is 40.7 Å². The largest absolute Gasteiger partial charge is 0.294 e. The van der Waals surface area contributed by atoms with Gasteiger partial charge in [0.25, 0.3) is 5.82 Å². The van der Waals surface area contributed by atoms with Gasteiger partial charge in [0.15, 0.2) is 5.84 Å². The fourth-order valence-corrected chi connectivity index (χ4v) is 3.37. The normalized spacial score (nSPS) is 13.5. The average molecular weight is 321 g/mol. The first kappa shape index (κ1) is 16.4. The Morgan fingerprint density at radius 1 is 1.42 bits per heavy atom. The van der Waals surface area contributed by atoms with Gasteiger partial charge in [-0.25, -0.2) is 9.56 Å². The van der Waals surface area contributed by atoms with Crippen molar-refractivity contribution in [2.24, 2.45) is 10.9 Å². The van der Waals surface area contributed by atoms with Gasteiger partial charge in [0, 0.05) is 17.5 Å². The van der Waals surface area contributed by atoms with Crippen molar-refractivity contribution >= 4 is 18.3 Å². The van der Waals surface area contributed by atoms with Gasteiger partial charge in [0.2, 0.25) is 0 Å². The Kier molecular flexibility index (Phi) is 4.22. The summed E-state index contributed by atoms with van der Waals surface area (Å²) in [6.07, 6.45) is 5.30. The summed E-state index contributed by atoms with van der Waals surface area (Å²) in [5, 5.41) is 7.93. The number of nitrogens with one attached hydrogen (secondary N) is 1. The summed E-state index contributed by atoms with van der Waals surface area (Å²) in [6.45, 7) is 13.3. The van der Waals surface area contributed by atoms with E-state index in [2.05, 4.69) is 73.1 Å². The summed E-state index contributed by atoms with van der Waals surface area (Å²) < 4.78 is 4.60. The van der Waals surface area contributed by atoms with E-state index in [0.717, 1.165) is 18.5 Å². The zero-order valence-corrected chi connectivity index (χ0v) is 14.9. The molecule has 1 aromatic heterocycles. The minimum absolute atomic E-state index is 0.221. The van der Waals surface area contributed by atoms with Crippen LogP contribution in [-0.2, 0) is 6.54 Å². The van der Waals surface area contributed by atoms with E-state index >= 15 is 0 Å². The molecule has 24 heavy (non-hydrogen) atoms. The minimum Gasteiger partial charge on any atom is -0.282 e. The van der Waals surface area contributed by atoms with Gasteiger partial charge in [0.05, 0.1) is 5.56 Å².